The van der Waals surface area contributed by atoms with Gasteiger partial charge in [0.2, 0.25) is 0 Å². The van der Waals surface area contributed by atoms with Gasteiger partial charge in [0, 0.05) is 13.5 Å². The summed E-state index contributed by atoms with van der Waals surface area (Å²) >= 11 is 0. The third-order valence-corrected chi connectivity index (χ3v) is 6.46. The lowest BCUT2D eigenvalue weighted by atomic mass is 9.78. The molecule has 0 saturated carbocycles. The molecular weight excluding hydrogens is 482 g/mol. The molecule has 1 amide bonds. The first kappa shape index (κ1) is 28.4. The molecule has 0 aliphatic rings. The minimum absolute atomic E-state index is 0.0123. The summed E-state index contributed by atoms with van der Waals surface area (Å²) in [7, 11) is 1.35. The molecule has 0 bridgehead atoms. The largest absolute Gasteiger partial charge is 0.479 e. The molecule has 0 radical (unpaired) electrons. The Balaban J connectivity index is 1.96. The summed E-state index contributed by atoms with van der Waals surface area (Å²) in [6.07, 6.45) is -0.974. The highest BCUT2D eigenvalue weighted by Gasteiger charge is 2.54. The van der Waals surface area contributed by atoms with Crippen LogP contribution in [0.4, 0.5) is 4.79 Å². The third kappa shape index (κ3) is 6.79. The van der Waals surface area contributed by atoms with Gasteiger partial charge in [-0.3, -0.25) is 9.69 Å². The quantitative estimate of drug-likeness (QED) is 0.352. The highest BCUT2D eigenvalue weighted by Crippen LogP contribution is 2.33. The Morgan fingerprint density at radius 1 is 0.816 bits per heavy atom. The number of likely N-dealkylation sites (N-methyl/N-ethyl adjacent to an activating group) is 1. The van der Waals surface area contributed by atoms with E-state index in [2.05, 4.69) is 0 Å². The van der Waals surface area contributed by atoms with E-state index >= 15 is 0 Å². The molecule has 2 atom stereocenters. The summed E-state index contributed by atoms with van der Waals surface area (Å²) in [5, 5.41) is 10.6. The van der Waals surface area contributed by atoms with E-state index < -0.39 is 35.1 Å². The number of hydrogen-bond donors (Lipinski definition) is 1. The Morgan fingerprint density at radius 3 is 1.87 bits per heavy atom. The fourth-order valence-electron chi connectivity index (χ4n) is 4.27. The van der Waals surface area contributed by atoms with Gasteiger partial charge in [-0.05, 0) is 49.9 Å². The second kappa shape index (κ2) is 11.9. The number of hydrogen-bond acceptors (Lipinski definition) is 5. The molecule has 0 aromatic heterocycles. The molecule has 0 fully saturated rings. The number of benzene rings is 3. The van der Waals surface area contributed by atoms with Crippen LogP contribution in [-0.4, -0.2) is 46.2 Å². The second-order valence-corrected chi connectivity index (χ2v) is 10.3. The van der Waals surface area contributed by atoms with E-state index in [1.807, 2.05) is 84.9 Å². The number of rotatable bonds is 9. The standard InChI is InChI=1S/C31H35NO6/c1-22(27(33)37-21-24-12-8-6-9-13-24)31(28(34)35,32(5)29(36)38-30(2,3)4)20-23-16-18-26(19-17-23)25-14-10-7-11-15-25/h6-19,22H,20-21H2,1-5H3,(H,34,35)/t22-,31-/m0/s1. The van der Waals surface area contributed by atoms with Crippen molar-refractivity contribution in [3.05, 3.63) is 96.1 Å². The first-order valence-electron chi connectivity index (χ1n) is 12.5. The summed E-state index contributed by atoms with van der Waals surface area (Å²) in [6.45, 7) is 6.55. The summed E-state index contributed by atoms with van der Waals surface area (Å²) in [6, 6.07) is 26.3. The van der Waals surface area contributed by atoms with Crippen LogP contribution >= 0.6 is 0 Å². The number of aliphatic carboxylic acids is 1. The van der Waals surface area contributed by atoms with E-state index in [1.165, 1.54) is 14.0 Å². The predicted molar refractivity (Wildman–Crippen MR) is 145 cm³/mol. The normalized spacial score (nSPS) is 13.6. The number of carbonyl (C=O) groups is 3. The Morgan fingerprint density at radius 2 is 1.34 bits per heavy atom. The number of carboxylic acid groups (broad SMARTS) is 1. The van der Waals surface area contributed by atoms with E-state index in [0.717, 1.165) is 21.6 Å². The first-order chi connectivity index (χ1) is 17.9. The predicted octanol–water partition coefficient (Wildman–Crippen LogP) is 5.97. The summed E-state index contributed by atoms with van der Waals surface area (Å²) < 4.78 is 11.0. The Hall–Kier alpha value is -4.13. The van der Waals surface area contributed by atoms with Crippen molar-refractivity contribution in [2.75, 3.05) is 7.05 Å². The van der Waals surface area contributed by atoms with Crippen LogP contribution in [-0.2, 0) is 32.1 Å². The van der Waals surface area contributed by atoms with Gasteiger partial charge >= 0.3 is 18.0 Å². The minimum atomic E-state index is -1.97. The smallest absolute Gasteiger partial charge is 0.411 e. The van der Waals surface area contributed by atoms with Crippen LogP contribution in [0.15, 0.2) is 84.9 Å². The maximum atomic E-state index is 13.2. The van der Waals surface area contributed by atoms with E-state index in [1.54, 1.807) is 20.8 Å². The van der Waals surface area contributed by atoms with E-state index in [4.69, 9.17) is 9.47 Å². The molecule has 3 rings (SSSR count). The van der Waals surface area contributed by atoms with Gasteiger partial charge in [0.1, 0.15) is 12.2 Å². The van der Waals surface area contributed by atoms with Gasteiger partial charge in [0.25, 0.3) is 0 Å². The molecule has 0 unspecified atom stereocenters. The molecule has 0 heterocycles. The number of amides is 1. The fraction of sp³-hybridized carbons (Fsp3) is 0.323. The zero-order chi connectivity index (χ0) is 27.9. The molecule has 3 aromatic carbocycles. The Labute approximate surface area is 224 Å². The van der Waals surface area contributed by atoms with Crippen LogP contribution in [0, 0.1) is 5.92 Å². The number of esters is 1. The zero-order valence-corrected chi connectivity index (χ0v) is 22.5. The van der Waals surface area contributed by atoms with Crippen LogP contribution in [0.1, 0.15) is 38.8 Å². The molecule has 0 aliphatic heterocycles. The van der Waals surface area contributed by atoms with Crippen LogP contribution in [0.3, 0.4) is 0 Å². The second-order valence-electron chi connectivity index (χ2n) is 10.3. The maximum absolute atomic E-state index is 13.2. The molecule has 0 aliphatic carbocycles. The highest BCUT2D eigenvalue weighted by molar-refractivity contribution is 5.91. The van der Waals surface area contributed by atoms with E-state index in [-0.39, 0.29) is 13.0 Å². The molecule has 0 spiro atoms. The van der Waals surface area contributed by atoms with Crippen molar-refractivity contribution in [1.82, 2.24) is 4.90 Å². The molecule has 3 aromatic rings. The van der Waals surface area contributed by atoms with Crippen molar-refractivity contribution in [1.29, 1.82) is 0 Å². The monoisotopic (exact) mass is 517 g/mol. The molecule has 200 valence electrons. The van der Waals surface area contributed by atoms with Gasteiger partial charge < -0.3 is 14.6 Å². The first-order valence-corrected chi connectivity index (χ1v) is 12.5. The Bertz CT molecular complexity index is 1230. The molecule has 1 N–H and O–H groups in total. The van der Waals surface area contributed by atoms with Crippen molar-refractivity contribution < 1.29 is 29.0 Å². The number of ether oxygens (including phenoxy) is 2. The van der Waals surface area contributed by atoms with Crippen LogP contribution < -0.4 is 0 Å². The van der Waals surface area contributed by atoms with Crippen molar-refractivity contribution in [3.63, 3.8) is 0 Å². The summed E-state index contributed by atoms with van der Waals surface area (Å²) in [4.78, 5) is 40.4. The fourth-order valence-corrected chi connectivity index (χ4v) is 4.27. The molecule has 38 heavy (non-hydrogen) atoms. The van der Waals surface area contributed by atoms with Gasteiger partial charge in [0.15, 0.2) is 5.54 Å². The Kier molecular flexibility index (Phi) is 8.94. The van der Waals surface area contributed by atoms with Crippen LogP contribution in [0.2, 0.25) is 0 Å². The number of carbonyl (C=O) groups excluding carboxylic acids is 2. The minimum Gasteiger partial charge on any atom is -0.479 e. The molecule has 7 nitrogen and oxygen atoms in total. The lowest BCUT2D eigenvalue weighted by Crippen LogP contribution is -2.63. The lowest BCUT2D eigenvalue weighted by Gasteiger charge is -2.41. The van der Waals surface area contributed by atoms with Crippen molar-refractivity contribution in [3.8, 4) is 11.1 Å². The zero-order valence-electron chi connectivity index (χ0n) is 22.5. The molecule has 0 saturated heterocycles. The maximum Gasteiger partial charge on any atom is 0.411 e. The van der Waals surface area contributed by atoms with Gasteiger partial charge in [0.05, 0.1) is 5.92 Å². The van der Waals surface area contributed by atoms with Crippen molar-refractivity contribution in [2.24, 2.45) is 5.92 Å². The third-order valence-electron chi connectivity index (χ3n) is 6.46. The van der Waals surface area contributed by atoms with Gasteiger partial charge in [-0.2, -0.15) is 0 Å². The summed E-state index contributed by atoms with van der Waals surface area (Å²) in [5.74, 6) is -3.27. The average molecular weight is 518 g/mol. The lowest BCUT2D eigenvalue weighted by molar-refractivity contribution is -0.167. The van der Waals surface area contributed by atoms with Crippen LogP contribution in [0.25, 0.3) is 11.1 Å². The molecular formula is C31H35NO6. The van der Waals surface area contributed by atoms with Gasteiger partial charge in [-0.25, -0.2) is 9.59 Å². The van der Waals surface area contributed by atoms with Crippen LogP contribution in [0.5, 0.6) is 0 Å². The molecule has 7 heteroatoms. The highest BCUT2D eigenvalue weighted by atomic mass is 16.6. The SMILES string of the molecule is C[C@@H](C(=O)OCc1ccccc1)[C@@](Cc1ccc(-c2ccccc2)cc1)(C(=O)O)N(C)C(=O)OC(C)(C)C. The topological polar surface area (TPSA) is 93.1 Å². The van der Waals surface area contributed by atoms with Crippen molar-refractivity contribution >= 4 is 18.0 Å². The number of carboxylic acids is 1. The van der Waals surface area contributed by atoms with Gasteiger partial charge in [-0.1, -0.05) is 84.9 Å². The van der Waals surface area contributed by atoms with E-state index in [9.17, 15) is 19.5 Å². The van der Waals surface area contributed by atoms with E-state index in [0.29, 0.717) is 5.56 Å². The van der Waals surface area contributed by atoms with Gasteiger partial charge in [-0.15, -0.1) is 0 Å². The van der Waals surface area contributed by atoms with Crippen molar-refractivity contribution in [2.45, 2.75) is 51.9 Å². The summed E-state index contributed by atoms with van der Waals surface area (Å²) in [5.41, 5.74) is 0.573. The number of nitrogens with zero attached hydrogens (tertiary/aromatic N) is 1. The average Bonchev–Trinajstić information content (AvgIpc) is 2.90.